The van der Waals surface area contributed by atoms with Gasteiger partial charge in [-0.3, -0.25) is 19.5 Å². The highest BCUT2D eigenvalue weighted by Gasteiger charge is 2.38. The fourth-order valence-corrected chi connectivity index (χ4v) is 3.54. The molecule has 0 radical (unpaired) electrons. The summed E-state index contributed by atoms with van der Waals surface area (Å²) in [6.07, 6.45) is 1.18. The minimum atomic E-state index is -0.573. The van der Waals surface area contributed by atoms with Crippen molar-refractivity contribution in [3.63, 3.8) is 0 Å². The van der Waals surface area contributed by atoms with E-state index in [0.29, 0.717) is 6.42 Å². The summed E-state index contributed by atoms with van der Waals surface area (Å²) < 4.78 is 6.44. The van der Waals surface area contributed by atoms with Gasteiger partial charge in [0.25, 0.3) is 0 Å². The van der Waals surface area contributed by atoms with Gasteiger partial charge in [0.1, 0.15) is 12.4 Å². The zero-order valence-corrected chi connectivity index (χ0v) is 12.9. The number of aromatic nitrogens is 3. The molecule has 1 aliphatic rings. The number of nitrogens with one attached hydrogen (secondary N) is 1. The number of aliphatic hydroxyl groups is 1. The Hall–Kier alpha value is -1.94. The van der Waals surface area contributed by atoms with Crippen LogP contribution in [-0.4, -0.2) is 49.5 Å². The zero-order valence-electron chi connectivity index (χ0n) is 12.1. The Bertz CT molecular complexity index is 634. The first-order valence-corrected chi connectivity index (χ1v) is 7.51. The van der Waals surface area contributed by atoms with Crippen LogP contribution in [0.25, 0.3) is 0 Å². The molecule has 1 amide bonds. The molecule has 0 spiro atoms. The number of hydrogen-bond donors (Lipinski definition) is 2. The zero-order chi connectivity index (χ0) is 16.3. The number of ether oxygens (including phenoxy) is 1. The Morgan fingerprint density at radius 1 is 1.55 bits per heavy atom. The van der Waals surface area contributed by atoms with Crippen LogP contribution in [0.5, 0.6) is 0 Å². The summed E-state index contributed by atoms with van der Waals surface area (Å²) in [6, 6.07) is 0. The summed E-state index contributed by atoms with van der Waals surface area (Å²) in [5.41, 5.74) is -0.573. The molecule has 2 rings (SSSR count). The van der Waals surface area contributed by atoms with Crippen LogP contribution in [0, 0.1) is 0 Å². The molecule has 0 bridgehead atoms. The maximum Gasteiger partial charge on any atom is 0.353 e. The number of amides is 1. The van der Waals surface area contributed by atoms with Crippen molar-refractivity contribution in [1.29, 1.82) is 0 Å². The number of carbonyl (C=O) groups excluding carboxylic acids is 2. The van der Waals surface area contributed by atoms with Crippen LogP contribution in [0.3, 0.4) is 0 Å². The molecule has 0 aliphatic carbocycles. The van der Waals surface area contributed by atoms with Crippen molar-refractivity contribution in [2.75, 3.05) is 11.9 Å². The molecule has 9 nitrogen and oxygen atoms in total. The van der Waals surface area contributed by atoms with Crippen molar-refractivity contribution >= 4 is 29.6 Å². The summed E-state index contributed by atoms with van der Waals surface area (Å²) in [6.45, 7) is 2.42. The van der Waals surface area contributed by atoms with Gasteiger partial charge in [-0.05, 0) is 0 Å². The lowest BCUT2D eigenvalue weighted by Gasteiger charge is -2.15. The molecule has 1 aliphatic heterocycles. The van der Waals surface area contributed by atoms with Gasteiger partial charge in [-0.2, -0.15) is 4.98 Å². The fraction of sp³-hybridized carbons (Fsp3) is 0.583. The number of hydrogen-bond acceptors (Lipinski definition) is 8. The largest absolute Gasteiger partial charge is 0.461 e. The van der Waals surface area contributed by atoms with Gasteiger partial charge in [-0.25, -0.2) is 9.78 Å². The van der Waals surface area contributed by atoms with Crippen LogP contribution in [0.4, 0.5) is 5.95 Å². The third-order valence-electron chi connectivity index (χ3n) is 3.00. The van der Waals surface area contributed by atoms with E-state index >= 15 is 0 Å². The lowest BCUT2D eigenvalue weighted by atomic mass is 10.2. The summed E-state index contributed by atoms with van der Waals surface area (Å²) >= 11 is 1.32. The van der Waals surface area contributed by atoms with Gasteiger partial charge >= 0.3 is 11.7 Å². The SMILES string of the molecule is CC(=O)Nc1ncn([C@H]2CC(OC(C)=O)[C@@H](CO)S2)c(=O)n1. The van der Waals surface area contributed by atoms with Gasteiger partial charge in [0.2, 0.25) is 11.9 Å². The molecule has 120 valence electrons. The first-order valence-electron chi connectivity index (χ1n) is 6.57. The maximum absolute atomic E-state index is 12.0. The number of aliphatic hydroxyl groups excluding tert-OH is 1. The van der Waals surface area contributed by atoms with Crippen LogP contribution in [-0.2, 0) is 14.3 Å². The van der Waals surface area contributed by atoms with E-state index in [4.69, 9.17) is 4.74 Å². The molecule has 3 atom stereocenters. The van der Waals surface area contributed by atoms with Crippen LogP contribution in [0.1, 0.15) is 25.6 Å². The smallest absolute Gasteiger partial charge is 0.353 e. The number of rotatable bonds is 4. The molecule has 1 aromatic rings. The molecular formula is C12H16N4O5S. The molecule has 0 aromatic carbocycles. The summed E-state index contributed by atoms with van der Waals surface area (Å²) in [7, 11) is 0. The number of thioether (sulfide) groups is 1. The highest BCUT2D eigenvalue weighted by atomic mass is 32.2. The molecule has 2 heterocycles. The number of esters is 1. The lowest BCUT2D eigenvalue weighted by Crippen LogP contribution is -2.28. The fourth-order valence-electron chi connectivity index (χ4n) is 2.13. The van der Waals surface area contributed by atoms with Gasteiger partial charge in [-0.15, -0.1) is 11.8 Å². The highest BCUT2D eigenvalue weighted by molar-refractivity contribution is 8.00. The predicted molar refractivity (Wildman–Crippen MR) is 78.3 cm³/mol. The van der Waals surface area contributed by atoms with Crippen LogP contribution in [0.15, 0.2) is 11.1 Å². The third-order valence-corrected chi connectivity index (χ3v) is 4.54. The Kier molecular flexibility index (Phi) is 5.14. The molecule has 22 heavy (non-hydrogen) atoms. The summed E-state index contributed by atoms with van der Waals surface area (Å²) in [5.74, 6) is -0.871. The van der Waals surface area contributed by atoms with Gasteiger partial charge < -0.3 is 9.84 Å². The van der Waals surface area contributed by atoms with Gasteiger partial charge in [0, 0.05) is 20.3 Å². The maximum atomic E-state index is 12.0. The molecule has 10 heteroatoms. The van der Waals surface area contributed by atoms with E-state index in [9.17, 15) is 19.5 Å². The summed E-state index contributed by atoms with van der Waals surface area (Å²) in [4.78, 5) is 41.6. The Morgan fingerprint density at radius 2 is 2.27 bits per heavy atom. The molecule has 1 saturated heterocycles. The quantitative estimate of drug-likeness (QED) is 0.711. The van der Waals surface area contributed by atoms with Crippen LogP contribution in [0.2, 0.25) is 0 Å². The number of nitrogens with zero attached hydrogens (tertiary/aromatic N) is 3. The Labute approximate surface area is 130 Å². The van der Waals surface area contributed by atoms with E-state index in [1.165, 1.54) is 36.5 Å². The highest BCUT2D eigenvalue weighted by Crippen LogP contribution is 2.42. The van der Waals surface area contributed by atoms with Crippen molar-refractivity contribution in [2.45, 2.75) is 37.0 Å². The van der Waals surface area contributed by atoms with E-state index in [1.54, 1.807) is 0 Å². The minimum absolute atomic E-state index is 0.0630. The second-order valence-electron chi connectivity index (χ2n) is 4.75. The van der Waals surface area contributed by atoms with E-state index < -0.39 is 17.8 Å². The van der Waals surface area contributed by atoms with Gasteiger partial charge in [0.15, 0.2) is 0 Å². The first-order chi connectivity index (χ1) is 10.4. The molecule has 1 aromatic heterocycles. The lowest BCUT2D eigenvalue weighted by molar-refractivity contribution is -0.146. The van der Waals surface area contributed by atoms with Crippen molar-refractivity contribution in [3.05, 3.63) is 16.8 Å². The molecule has 1 fully saturated rings. The average Bonchev–Trinajstić information content (AvgIpc) is 2.80. The van der Waals surface area contributed by atoms with Crippen molar-refractivity contribution < 1.29 is 19.4 Å². The Morgan fingerprint density at radius 3 is 2.82 bits per heavy atom. The second kappa shape index (κ2) is 6.88. The normalized spacial score (nSPS) is 24.0. The van der Waals surface area contributed by atoms with Crippen LogP contribution < -0.4 is 11.0 Å². The van der Waals surface area contributed by atoms with Gasteiger partial charge in [-0.1, -0.05) is 0 Å². The molecule has 2 N–H and O–H groups in total. The standard InChI is InChI=1S/C12H16N4O5S/c1-6(18)14-11-13-5-16(12(20)15-11)10-3-8(21-7(2)19)9(4-17)22-10/h5,8-10,17H,3-4H2,1-2H3,(H,14,15,18,20)/t8?,9-,10-/m1/s1. The Balaban J connectivity index is 2.17. The van der Waals surface area contributed by atoms with Crippen molar-refractivity contribution in [1.82, 2.24) is 14.5 Å². The monoisotopic (exact) mass is 328 g/mol. The predicted octanol–water partition coefficient (Wildman–Crippen LogP) is -0.475. The van der Waals surface area contributed by atoms with Crippen molar-refractivity contribution in [2.24, 2.45) is 0 Å². The topological polar surface area (TPSA) is 123 Å². The van der Waals surface area contributed by atoms with Gasteiger partial charge in [0.05, 0.1) is 17.2 Å². The first kappa shape index (κ1) is 16.4. The minimum Gasteiger partial charge on any atom is -0.461 e. The number of carbonyl (C=O) groups is 2. The third kappa shape index (κ3) is 3.83. The molecule has 1 unspecified atom stereocenters. The van der Waals surface area contributed by atoms with Crippen molar-refractivity contribution in [3.8, 4) is 0 Å². The van der Waals surface area contributed by atoms with E-state index in [1.807, 2.05) is 0 Å². The van der Waals surface area contributed by atoms with E-state index in [-0.39, 0.29) is 29.1 Å². The molecule has 0 saturated carbocycles. The van der Waals surface area contributed by atoms with E-state index in [0.717, 1.165) is 0 Å². The average molecular weight is 328 g/mol. The van der Waals surface area contributed by atoms with E-state index in [2.05, 4.69) is 15.3 Å². The molecular weight excluding hydrogens is 312 g/mol. The van der Waals surface area contributed by atoms with Crippen LogP contribution >= 0.6 is 11.8 Å². The summed E-state index contributed by atoms with van der Waals surface area (Å²) in [5, 5.41) is 11.0. The number of anilines is 1. The second-order valence-corrected chi connectivity index (χ2v) is 6.17.